The van der Waals surface area contributed by atoms with E-state index in [2.05, 4.69) is 82.9 Å². The summed E-state index contributed by atoms with van der Waals surface area (Å²) in [6.45, 7) is 8.04. The van der Waals surface area contributed by atoms with Crippen LogP contribution in [0.3, 0.4) is 0 Å². The van der Waals surface area contributed by atoms with Crippen LogP contribution in [0.2, 0.25) is 0 Å². The van der Waals surface area contributed by atoms with Gasteiger partial charge < -0.3 is 24.3 Å². The van der Waals surface area contributed by atoms with Crippen molar-refractivity contribution in [3.63, 3.8) is 0 Å². The van der Waals surface area contributed by atoms with E-state index >= 15 is 0 Å². The Bertz CT molecular complexity index is 1620. The van der Waals surface area contributed by atoms with Gasteiger partial charge in [-0.15, -0.1) is 0 Å². The molecule has 4 heterocycles. The summed E-state index contributed by atoms with van der Waals surface area (Å²) < 4.78 is 6.39. The van der Waals surface area contributed by atoms with Gasteiger partial charge in [0, 0.05) is 61.0 Å². The Morgan fingerprint density at radius 2 is 1.91 bits per heavy atom. The number of hydrogen-bond acceptors (Lipinski definition) is 8. The zero-order valence-corrected chi connectivity index (χ0v) is 24.7. The summed E-state index contributed by atoms with van der Waals surface area (Å²) in [7, 11) is 2.11. The van der Waals surface area contributed by atoms with Crippen LogP contribution >= 0.6 is 0 Å². The lowest BCUT2D eigenvalue weighted by Crippen LogP contribution is -2.55. The molecule has 0 unspecified atom stereocenters. The smallest absolute Gasteiger partial charge is 0.246 e. The van der Waals surface area contributed by atoms with Crippen molar-refractivity contribution in [2.24, 2.45) is 0 Å². The molecule has 9 heteroatoms. The molecule has 0 bridgehead atoms. The summed E-state index contributed by atoms with van der Waals surface area (Å²) in [4.78, 5) is 26.2. The maximum atomic E-state index is 12.6. The van der Waals surface area contributed by atoms with Crippen LogP contribution in [0.15, 0.2) is 55.1 Å². The molecule has 0 spiro atoms. The number of carbonyl (C=O) groups excluding carboxylic acids is 1. The number of piperazine rings is 1. The number of benzene rings is 2. The second-order valence-electron chi connectivity index (χ2n) is 11.6. The van der Waals surface area contributed by atoms with E-state index in [-0.39, 0.29) is 24.4 Å². The van der Waals surface area contributed by atoms with E-state index in [1.54, 1.807) is 4.90 Å². The molecule has 43 heavy (non-hydrogen) atoms. The van der Waals surface area contributed by atoms with Crippen molar-refractivity contribution in [3.8, 4) is 18.0 Å². The molecule has 2 fully saturated rings. The maximum Gasteiger partial charge on any atom is 0.246 e. The number of amides is 1. The standard InChI is InChI=1S/C34H37N7O2/c1-3-32(42)41-19-18-40(21-25(41)13-15-35)33-28-14-17-39(31-12-6-9-24-8-4-5-11-27(24)31)22-30(28)29(20-36)34(37-33)43-23-26-10-7-16-38(26)2/h3-6,8-9,11-12,25-26H,1,7,10,13-14,16-19,21-23H2,2H3/t25-,26-/m0/s1. The third-order valence-electron chi connectivity index (χ3n) is 9.21. The van der Waals surface area contributed by atoms with E-state index in [9.17, 15) is 15.3 Å². The molecule has 2 saturated heterocycles. The summed E-state index contributed by atoms with van der Waals surface area (Å²) in [5.74, 6) is 1.01. The predicted octanol–water partition coefficient (Wildman–Crippen LogP) is 4.26. The van der Waals surface area contributed by atoms with E-state index in [1.807, 2.05) is 0 Å². The summed E-state index contributed by atoms with van der Waals surface area (Å²) in [5, 5.41) is 22.4. The fraction of sp³-hybridized carbons (Fsp3) is 0.412. The van der Waals surface area contributed by atoms with Crippen molar-refractivity contribution in [3.05, 3.63) is 71.8 Å². The van der Waals surface area contributed by atoms with Crippen LogP contribution in [0.5, 0.6) is 5.88 Å². The largest absolute Gasteiger partial charge is 0.475 e. The molecule has 3 aliphatic rings. The van der Waals surface area contributed by atoms with Gasteiger partial charge in [0.05, 0.1) is 18.5 Å². The van der Waals surface area contributed by atoms with E-state index in [0.29, 0.717) is 44.2 Å². The maximum absolute atomic E-state index is 12.6. The van der Waals surface area contributed by atoms with E-state index < -0.39 is 0 Å². The summed E-state index contributed by atoms with van der Waals surface area (Å²) >= 11 is 0. The molecular weight excluding hydrogens is 538 g/mol. The number of nitriles is 2. The first kappa shape index (κ1) is 28.5. The molecule has 1 amide bonds. The Balaban J connectivity index is 1.39. The van der Waals surface area contributed by atoms with Gasteiger partial charge >= 0.3 is 0 Å². The van der Waals surface area contributed by atoms with Gasteiger partial charge in [-0.05, 0) is 50.4 Å². The Hall–Kier alpha value is -4.60. The first-order chi connectivity index (χ1) is 21.0. The molecule has 0 saturated carbocycles. The van der Waals surface area contributed by atoms with Crippen molar-refractivity contribution < 1.29 is 9.53 Å². The number of nitrogens with zero attached hydrogens (tertiary/aromatic N) is 7. The summed E-state index contributed by atoms with van der Waals surface area (Å²) in [6.07, 6.45) is 4.44. The van der Waals surface area contributed by atoms with Crippen molar-refractivity contribution >= 4 is 28.2 Å². The number of hydrogen-bond donors (Lipinski definition) is 0. The Morgan fingerprint density at radius 3 is 2.67 bits per heavy atom. The third-order valence-corrected chi connectivity index (χ3v) is 9.21. The zero-order valence-electron chi connectivity index (χ0n) is 24.7. The first-order valence-electron chi connectivity index (χ1n) is 15.1. The van der Waals surface area contributed by atoms with Crippen molar-refractivity contribution in [1.29, 1.82) is 10.5 Å². The van der Waals surface area contributed by atoms with Crippen LogP contribution < -0.4 is 14.5 Å². The highest BCUT2D eigenvalue weighted by Crippen LogP contribution is 2.38. The van der Waals surface area contributed by atoms with Crippen molar-refractivity contribution in [2.75, 3.05) is 56.2 Å². The number of pyridine rings is 1. The lowest BCUT2D eigenvalue weighted by atomic mass is 9.94. The number of fused-ring (bicyclic) bond motifs is 2. The molecule has 6 rings (SSSR count). The molecular formula is C34H37N7O2. The molecule has 0 N–H and O–H groups in total. The average molecular weight is 576 g/mol. The van der Waals surface area contributed by atoms with E-state index in [0.717, 1.165) is 55.0 Å². The average Bonchev–Trinajstić information content (AvgIpc) is 3.46. The fourth-order valence-electron chi connectivity index (χ4n) is 6.86. The summed E-state index contributed by atoms with van der Waals surface area (Å²) in [6, 6.07) is 19.5. The van der Waals surface area contributed by atoms with Crippen LogP contribution in [0, 0.1) is 22.7 Å². The Kier molecular flexibility index (Phi) is 8.18. The van der Waals surface area contributed by atoms with Gasteiger partial charge in [-0.3, -0.25) is 4.79 Å². The number of anilines is 2. The minimum absolute atomic E-state index is 0.162. The number of aromatic nitrogens is 1. The molecule has 220 valence electrons. The lowest BCUT2D eigenvalue weighted by molar-refractivity contribution is -0.128. The second kappa shape index (κ2) is 12.3. The van der Waals surface area contributed by atoms with Gasteiger partial charge in [0.15, 0.2) is 0 Å². The highest BCUT2D eigenvalue weighted by atomic mass is 16.5. The monoisotopic (exact) mass is 575 g/mol. The van der Waals surface area contributed by atoms with Crippen LogP contribution in [-0.4, -0.2) is 79.2 Å². The predicted molar refractivity (Wildman–Crippen MR) is 167 cm³/mol. The van der Waals surface area contributed by atoms with Crippen molar-refractivity contribution in [2.45, 2.75) is 44.3 Å². The number of carbonyl (C=O) groups is 1. The molecule has 2 aromatic carbocycles. The molecule has 9 nitrogen and oxygen atoms in total. The Morgan fingerprint density at radius 1 is 1.07 bits per heavy atom. The van der Waals surface area contributed by atoms with E-state index in [4.69, 9.17) is 9.72 Å². The van der Waals surface area contributed by atoms with Crippen LogP contribution in [-0.2, 0) is 17.8 Å². The van der Waals surface area contributed by atoms with Gasteiger partial charge in [-0.2, -0.15) is 15.5 Å². The van der Waals surface area contributed by atoms with Gasteiger partial charge in [-0.25, -0.2) is 0 Å². The summed E-state index contributed by atoms with van der Waals surface area (Å²) in [5.41, 5.74) is 3.64. The van der Waals surface area contributed by atoms with Crippen LogP contribution in [0.4, 0.5) is 11.5 Å². The highest BCUT2D eigenvalue weighted by molar-refractivity contribution is 5.94. The molecule has 0 aliphatic carbocycles. The first-order valence-corrected chi connectivity index (χ1v) is 15.1. The minimum atomic E-state index is -0.273. The lowest BCUT2D eigenvalue weighted by Gasteiger charge is -2.42. The van der Waals surface area contributed by atoms with Gasteiger partial charge in [0.1, 0.15) is 24.1 Å². The normalized spacial score (nSPS) is 20.4. The quantitative estimate of drug-likeness (QED) is 0.386. The van der Waals surface area contributed by atoms with Crippen molar-refractivity contribution in [1.82, 2.24) is 14.8 Å². The van der Waals surface area contributed by atoms with Gasteiger partial charge in [-0.1, -0.05) is 43.0 Å². The topological polar surface area (TPSA) is 99.7 Å². The Labute approximate surface area is 253 Å². The number of likely N-dealkylation sites (tertiary alicyclic amines) is 1. The molecule has 1 aromatic heterocycles. The number of rotatable bonds is 7. The number of likely N-dealkylation sites (N-methyl/N-ethyl adjacent to an activating group) is 1. The van der Waals surface area contributed by atoms with Gasteiger partial charge in [0.2, 0.25) is 11.8 Å². The third kappa shape index (κ3) is 5.49. The zero-order chi connectivity index (χ0) is 29.9. The fourth-order valence-corrected chi connectivity index (χ4v) is 6.86. The SMILES string of the molecule is C=CC(=O)N1CCN(c2nc(OC[C@@H]3CCCN3C)c(C#N)c3c2CCN(c2cccc4ccccc24)C3)C[C@@H]1CC#N. The van der Waals surface area contributed by atoms with Gasteiger partial charge in [0.25, 0.3) is 0 Å². The number of ether oxygens (including phenoxy) is 1. The molecule has 3 aliphatic heterocycles. The molecule has 0 radical (unpaired) electrons. The highest BCUT2D eigenvalue weighted by Gasteiger charge is 2.35. The minimum Gasteiger partial charge on any atom is -0.475 e. The molecule has 2 atom stereocenters. The van der Waals surface area contributed by atoms with E-state index in [1.165, 1.54) is 16.8 Å². The van der Waals surface area contributed by atoms with Crippen LogP contribution in [0.1, 0.15) is 36.0 Å². The molecule has 3 aromatic rings. The second-order valence-corrected chi connectivity index (χ2v) is 11.6. The van der Waals surface area contributed by atoms with Crippen LogP contribution in [0.25, 0.3) is 10.8 Å².